The fraction of sp³-hybridized carbons (Fsp3) is 0.304. The van der Waals surface area contributed by atoms with Crippen molar-refractivity contribution in [3.8, 4) is 68.3 Å². The minimum Gasteiger partial charge on any atom is -0.495 e. The summed E-state index contributed by atoms with van der Waals surface area (Å²) in [5.41, 5.74) is 7.64. The Kier molecular flexibility index (Phi) is 11.9. The Hall–Kier alpha value is -7.76. The molecule has 18 nitrogen and oxygen atoms in total. The van der Waals surface area contributed by atoms with Gasteiger partial charge in [0, 0.05) is 65.6 Å². The topological polar surface area (TPSA) is 201 Å². The molecule has 2 aliphatic rings. The van der Waals surface area contributed by atoms with Crippen LogP contribution in [-0.4, -0.2) is 97.8 Å². The van der Waals surface area contributed by atoms with Crippen molar-refractivity contribution >= 4 is 0 Å². The van der Waals surface area contributed by atoms with Crippen LogP contribution in [-0.2, 0) is 14.1 Å². The largest absolute Gasteiger partial charge is 0.495 e. The van der Waals surface area contributed by atoms with Gasteiger partial charge in [-0.3, -0.25) is 9.97 Å². The second kappa shape index (κ2) is 18.3. The first-order chi connectivity index (χ1) is 31.2. The zero-order valence-corrected chi connectivity index (χ0v) is 36.3. The molecule has 0 saturated heterocycles. The summed E-state index contributed by atoms with van der Waals surface area (Å²) >= 11 is 0. The van der Waals surface area contributed by atoms with Crippen LogP contribution in [0.4, 0.5) is 0 Å². The summed E-state index contributed by atoms with van der Waals surface area (Å²) in [5.74, 6) is 7.03. The lowest BCUT2D eigenvalue weighted by molar-refractivity contribution is 0.285. The van der Waals surface area contributed by atoms with Crippen LogP contribution in [0.1, 0.15) is 47.7 Å². The molecule has 324 valence electrons. The highest BCUT2D eigenvalue weighted by Crippen LogP contribution is 2.48. The number of tetrazole rings is 2. The summed E-state index contributed by atoms with van der Waals surface area (Å²) in [6.07, 6.45) is 9.25. The van der Waals surface area contributed by atoms with Crippen molar-refractivity contribution in [1.29, 1.82) is 0 Å². The van der Waals surface area contributed by atoms with Gasteiger partial charge < -0.3 is 18.9 Å². The van der Waals surface area contributed by atoms with E-state index in [1.807, 2.05) is 106 Å². The van der Waals surface area contributed by atoms with Crippen LogP contribution in [0.15, 0.2) is 97.6 Å². The van der Waals surface area contributed by atoms with Crippen LogP contribution >= 0.6 is 0 Å². The summed E-state index contributed by atoms with van der Waals surface area (Å²) in [6, 6.07) is 23.8. The molecule has 0 radical (unpaired) electrons. The molecule has 2 aromatic carbocycles. The summed E-state index contributed by atoms with van der Waals surface area (Å²) in [4.78, 5) is 28.3. The normalized spacial score (nSPS) is 17.2. The van der Waals surface area contributed by atoms with Crippen molar-refractivity contribution in [1.82, 2.24) is 70.3 Å². The van der Waals surface area contributed by atoms with Gasteiger partial charge in [0.05, 0.1) is 58.0 Å². The highest BCUT2D eigenvalue weighted by molar-refractivity contribution is 5.71. The first-order valence-corrected chi connectivity index (χ1v) is 20.8. The number of aromatic nitrogens is 14. The van der Waals surface area contributed by atoms with Gasteiger partial charge in [-0.2, -0.15) is 14.8 Å². The van der Waals surface area contributed by atoms with Crippen LogP contribution in [0, 0.1) is 25.7 Å². The molecular weight excluding hydrogens is 813 g/mol. The van der Waals surface area contributed by atoms with E-state index in [1.54, 1.807) is 38.3 Å². The first kappa shape index (κ1) is 41.6. The number of aryl methyl sites for hydroxylation is 4. The van der Waals surface area contributed by atoms with Gasteiger partial charge in [0.1, 0.15) is 23.1 Å². The molecular formula is C46H46N14O4. The van der Waals surface area contributed by atoms with Crippen molar-refractivity contribution in [2.24, 2.45) is 25.9 Å². The van der Waals surface area contributed by atoms with Gasteiger partial charge in [0.2, 0.25) is 17.6 Å². The fourth-order valence-electron chi connectivity index (χ4n) is 7.41. The van der Waals surface area contributed by atoms with Crippen molar-refractivity contribution in [3.05, 3.63) is 121 Å². The predicted molar refractivity (Wildman–Crippen MR) is 234 cm³/mol. The average molecular weight is 859 g/mol. The molecule has 0 N–H and O–H groups in total. The number of benzene rings is 2. The highest BCUT2D eigenvalue weighted by Gasteiger charge is 2.41. The molecule has 0 bridgehead atoms. The molecule has 10 rings (SSSR count). The minimum atomic E-state index is 0.408. The maximum atomic E-state index is 6.17. The molecule has 2 aliphatic carbocycles. The highest BCUT2D eigenvalue weighted by atomic mass is 16.5. The zero-order valence-electron chi connectivity index (χ0n) is 36.3. The average Bonchev–Trinajstić information content (AvgIpc) is 4.20. The standard InChI is InChI=1S/2C23H23N7O2/c1-14-24-12-20(15-4-6-16(7-5-15)22-27-28-29-30(22)2)23(26-14)32-13-17-10-19(17)21-9-8-18(31-3)11-25-21;1-14-24-12-20(15-4-6-16(7-5-15)22-27-29-30(2)28-22)23(26-14)32-13-17-10-19(17)21-9-8-18(31-3)11-25-21/h2*4-9,11-12,17,19H,10,13H2,1-3H3/t2*17-,19+/m11/s1. The van der Waals surface area contributed by atoms with Gasteiger partial charge in [-0.25, -0.2) is 14.6 Å². The Morgan fingerprint density at radius 2 is 1.06 bits per heavy atom. The Bertz CT molecular complexity index is 2830. The molecule has 18 heteroatoms. The summed E-state index contributed by atoms with van der Waals surface area (Å²) in [6.45, 7) is 4.90. The SMILES string of the molecule is COc1ccc([C@H]2C[C@@H]2COc2nc(C)ncc2-c2ccc(-c3nnn(C)n3)cc2)nc1.COc1ccc([C@H]2C[C@@H]2COc2nc(C)ncc2-c2ccc(-c3nnnn3C)cc2)nc1. The number of methoxy groups -OCH3 is 2. The van der Waals surface area contributed by atoms with E-state index in [0.717, 1.165) is 69.1 Å². The number of rotatable bonds is 14. The molecule has 2 fully saturated rings. The number of hydrogen-bond acceptors (Lipinski definition) is 16. The third-order valence-electron chi connectivity index (χ3n) is 11.2. The molecule has 6 heterocycles. The van der Waals surface area contributed by atoms with E-state index in [-0.39, 0.29) is 0 Å². The van der Waals surface area contributed by atoms with E-state index in [0.29, 0.717) is 71.9 Å². The third kappa shape index (κ3) is 9.50. The van der Waals surface area contributed by atoms with Gasteiger partial charge in [-0.1, -0.05) is 48.5 Å². The summed E-state index contributed by atoms with van der Waals surface area (Å²) in [7, 11) is 6.85. The molecule has 4 atom stereocenters. The number of nitrogens with zero attached hydrogens (tertiary/aromatic N) is 14. The van der Waals surface area contributed by atoms with Crippen LogP contribution in [0.2, 0.25) is 0 Å². The Morgan fingerprint density at radius 3 is 1.48 bits per heavy atom. The molecule has 0 spiro atoms. The molecule has 6 aromatic heterocycles. The van der Waals surface area contributed by atoms with E-state index >= 15 is 0 Å². The summed E-state index contributed by atoms with van der Waals surface area (Å²) < 4.78 is 24.4. The van der Waals surface area contributed by atoms with Crippen molar-refractivity contribution in [3.63, 3.8) is 0 Å². The van der Waals surface area contributed by atoms with Gasteiger partial charge in [-0.05, 0) is 77.7 Å². The second-order valence-corrected chi connectivity index (χ2v) is 15.7. The fourth-order valence-corrected chi connectivity index (χ4v) is 7.41. The predicted octanol–water partition coefficient (Wildman–Crippen LogP) is 6.46. The smallest absolute Gasteiger partial charge is 0.224 e. The zero-order chi connectivity index (χ0) is 44.2. The van der Waals surface area contributed by atoms with Crippen LogP contribution in [0.5, 0.6) is 23.3 Å². The maximum absolute atomic E-state index is 6.17. The molecule has 0 aliphatic heterocycles. The van der Waals surface area contributed by atoms with E-state index in [9.17, 15) is 0 Å². The number of pyridine rings is 2. The molecule has 0 unspecified atom stereocenters. The lowest BCUT2D eigenvalue weighted by Crippen LogP contribution is -2.05. The monoisotopic (exact) mass is 858 g/mol. The molecule has 2 saturated carbocycles. The Balaban J connectivity index is 0.000000162. The van der Waals surface area contributed by atoms with Crippen LogP contribution < -0.4 is 18.9 Å². The summed E-state index contributed by atoms with van der Waals surface area (Å²) in [5, 5.41) is 23.8. The number of ether oxygens (including phenoxy) is 4. The van der Waals surface area contributed by atoms with E-state index < -0.39 is 0 Å². The van der Waals surface area contributed by atoms with Crippen LogP contribution in [0.3, 0.4) is 0 Å². The first-order valence-electron chi connectivity index (χ1n) is 20.8. The quantitative estimate of drug-likeness (QED) is 0.115. The van der Waals surface area contributed by atoms with Crippen molar-refractivity contribution in [2.75, 3.05) is 27.4 Å². The van der Waals surface area contributed by atoms with Crippen LogP contribution in [0.25, 0.3) is 45.0 Å². The minimum absolute atomic E-state index is 0.408. The maximum Gasteiger partial charge on any atom is 0.224 e. The lowest BCUT2D eigenvalue weighted by Gasteiger charge is -2.11. The lowest BCUT2D eigenvalue weighted by atomic mass is 10.1. The van der Waals surface area contributed by atoms with E-state index in [4.69, 9.17) is 18.9 Å². The molecule has 0 amide bonds. The molecule has 8 aromatic rings. The van der Waals surface area contributed by atoms with Gasteiger partial charge in [0.15, 0.2) is 5.82 Å². The van der Waals surface area contributed by atoms with Gasteiger partial charge in [0.25, 0.3) is 0 Å². The van der Waals surface area contributed by atoms with Crippen molar-refractivity contribution < 1.29 is 18.9 Å². The molecule has 64 heavy (non-hydrogen) atoms. The Labute approximate surface area is 369 Å². The second-order valence-electron chi connectivity index (χ2n) is 15.7. The third-order valence-corrected chi connectivity index (χ3v) is 11.2. The van der Waals surface area contributed by atoms with E-state index in [1.165, 1.54) is 4.80 Å². The van der Waals surface area contributed by atoms with Gasteiger partial charge >= 0.3 is 0 Å². The van der Waals surface area contributed by atoms with Crippen molar-refractivity contribution in [2.45, 2.75) is 38.5 Å². The number of hydrogen-bond donors (Lipinski definition) is 0. The van der Waals surface area contributed by atoms with Gasteiger partial charge in [-0.15, -0.1) is 15.3 Å². The van der Waals surface area contributed by atoms with E-state index in [2.05, 4.69) is 60.8 Å². The Morgan fingerprint density at radius 1 is 0.562 bits per heavy atom.